The Hall–Kier alpha value is -0.580. The van der Waals surface area contributed by atoms with Gasteiger partial charge in [-0.15, -0.1) is 0 Å². The number of hydrazine groups is 1. The van der Waals surface area contributed by atoms with Crippen molar-refractivity contribution in [1.29, 1.82) is 0 Å². The van der Waals surface area contributed by atoms with E-state index in [9.17, 15) is 0 Å². The molecule has 18 heavy (non-hydrogen) atoms. The minimum atomic E-state index is 0.200. The van der Waals surface area contributed by atoms with Gasteiger partial charge in [0.1, 0.15) is 5.75 Å². The largest absolute Gasteiger partial charge is 0.496 e. The van der Waals surface area contributed by atoms with Gasteiger partial charge in [-0.25, -0.2) is 0 Å². The Morgan fingerprint density at radius 1 is 1.33 bits per heavy atom. The van der Waals surface area contributed by atoms with E-state index >= 15 is 0 Å². The first-order valence-corrected chi connectivity index (χ1v) is 7.17. The van der Waals surface area contributed by atoms with Crippen LogP contribution in [0.25, 0.3) is 0 Å². The SMILES string of the molecule is COc1ccc(C(CCCC(C)C)NN)cc1Br. The lowest BCUT2D eigenvalue weighted by Crippen LogP contribution is -2.28. The van der Waals surface area contributed by atoms with Crippen LogP contribution in [0.5, 0.6) is 5.75 Å². The summed E-state index contributed by atoms with van der Waals surface area (Å²) in [4.78, 5) is 0. The number of methoxy groups -OCH3 is 1. The molecular weight excluding hydrogens is 292 g/mol. The van der Waals surface area contributed by atoms with Gasteiger partial charge >= 0.3 is 0 Å². The number of benzene rings is 1. The number of nitrogens with one attached hydrogen (secondary N) is 1. The fourth-order valence-corrected chi connectivity index (χ4v) is 2.53. The number of rotatable bonds is 7. The van der Waals surface area contributed by atoms with Crippen LogP contribution in [0.15, 0.2) is 22.7 Å². The highest BCUT2D eigenvalue weighted by Gasteiger charge is 2.11. The second kappa shape index (κ2) is 7.77. The molecule has 0 aliphatic rings. The lowest BCUT2D eigenvalue weighted by molar-refractivity contribution is 0.411. The zero-order valence-corrected chi connectivity index (χ0v) is 13.0. The number of halogens is 1. The molecule has 0 fully saturated rings. The Morgan fingerprint density at radius 2 is 2.06 bits per heavy atom. The molecule has 0 amide bonds. The second-order valence-electron chi connectivity index (χ2n) is 4.94. The third kappa shape index (κ3) is 4.59. The lowest BCUT2D eigenvalue weighted by atomic mass is 9.98. The van der Waals surface area contributed by atoms with Crippen LogP contribution in [0.3, 0.4) is 0 Å². The van der Waals surface area contributed by atoms with Gasteiger partial charge in [0, 0.05) is 6.04 Å². The smallest absolute Gasteiger partial charge is 0.133 e. The maximum Gasteiger partial charge on any atom is 0.133 e. The van der Waals surface area contributed by atoms with Crippen molar-refractivity contribution in [2.24, 2.45) is 11.8 Å². The standard InChI is InChI=1S/C14H23BrN2O/c1-10(2)5-4-6-13(17-16)11-7-8-14(18-3)12(15)9-11/h7-10,13,17H,4-6,16H2,1-3H3. The van der Waals surface area contributed by atoms with Crippen molar-refractivity contribution in [3.05, 3.63) is 28.2 Å². The van der Waals surface area contributed by atoms with Gasteiger partial charge in [-0.1, -0.05) is 32.8 Å². The quantitative estimate of drug-likeness (QED) is 0.594. The molecule has 0 bridgehead atoms. The van der Waals surface area contributed by atoms with Gasteiger partial charge < -0.3 is 4.74 Å². The fourth-order valence-electron chi connectivity index (χ4n) is 1.98. The third-order valence-electron chi connectivity index (χ3n) is 3.05. The highest BCUT2D eigenvalue weighted by Crippen LogP contribution is 2.29. The fraction of sp³-hybridized carbons (Fsp3) is 0.571. The first-order valence-electron chi connectivity index (χ1n) is 6.38. The minimum absolute atomic E-state index is 0.200. The summed E-state index contributed by atoms with van der Waals surface area (Å²) in [6.45, 7) is 4.49. The monoisotopic (exact) mass is 314 g/mol. The van der Waals surface area contributed by atoms with Crippen LogP contribution in [0.1, 0.15) is 44.7 Å². The van der Waals surface area contributed by atoms with Gasteiger partial charge in [-0.2, -0.15) is 0 Å². The third-order valence-corrected chi connectivity index (χ3v) is 3.67. The van der Waals surface area contributed by atoms with Crippen molar-refractivity contribution < 1.29 is 4.74 Å². The Balaban J connectivity index is 2.67. The number of hydrogen-bond donors (Lipinski definition) is 2. The lowest BCUT2D eigenvalue weighted by Gasteiger charge is -2.18. The van der Waals surface area contributed by atoms with Crippen molar-refractivity contribution in [3.63, 3.8) is 0 Å². The summed E-state index contributed by atoms with van der Waals surface area (Å²) in [5.41, 5.74) is 4.08. The van der Waals surface area contributed by atoms with Crippen LogP contribution in [0, 0.1) is 5.92 Å². The van der Waals surface area contributed by atoms with Gasteiger partial charge in [0.2, 0.25) is 0 Å². The molecule has 102 valence electrons. The molecule has 1 aromatic rings. The summed E-state index contributed by atoms with van der Waals surface area (Å²) < 4.78 is 6.19. The molecular formula is C14H23BrN2O. The predicted molar refractivity (Wildman–Crippen MR) is 79.4 cm³/mol. The molecule has 4 heteroatoms. The van der Waals surface area contributed by atoms with E-state index in [4.69, 9.17) is 10.6 Å². The molecule has 0 aromatic heterocycles. The van der Waals surface area contributed by atoms with E-state index in [0.29, 0.717) is 0 Å². The Kier molecular flexibility index (Phi) is 6.68. The average molecular weight is 315 g/mol. The van der Waals surface area contributed by atoms with Crippen molar-refractivity contribution >= 4 is 15.9 Å². The Labute approximate surface area is 118 Å². The highest BCUT2D eigenvalue weighted by molar-refractivity contribution is 9.10. The van der Waals surface area contributed by atoms with Gasteiger partial charge in [0.15, 0.2) is 0 Å². The van der Waals surface area contributed by atoms with E-state index in [1.807, 2.05) is 6.07 Å². The summed E-state index contributed by atoms with van der Waals surface area (Å²) in [6, 6.07) is 6.29. The van der Waals surface area contributed by atoms with E-state index in [2.05, 4.69) is 47.3 Å². The van der Waals surface area contributed by atoms with Gasteiger partial charge in [0.05, 0.1) is 11.6 Å². The van der Waals surface area contributed by atoms with Crippen LogP contribution >= 0.6 is 15.9 Å². The summed E-state index contributed by atoms with van der Waals surface area (Å²) in [5, 5.41) is 0. The summed E-state index contributed by atoms with van der Waals surface area (Å²) in [6.07, 6.45) is 3.46. The summed E-state index contributed by atoms with van der Waals surface area (Å²) in [5.74, 6) is 7.23. The molecule has 3 N–H and O–H groups in total. The van der Waals surface area contributed by atoms with Crippen LogP contribution in [0.2, 0.25) is 0 Å². The molecule has 0 aliphatic heterocycles. The predicted octanol–water partition coefficient (Wildman–Crippen LogP) is 3.79. The van der Waals surface area contributed by atoms with Gasteiger partial charge in [0.25, 0.3) is 0 Å². The van der Waals surface area contributed by atoms with Crippen LogP contribution in [-0.4, -0.2) is 7.11 Å². The maximum atomic E-state index is 5.65. The van der Waals surface area contributed by atoms with Crippen molar-refractivity contribution in [2.45, 2.75) is 39.2 Å². The summed E-state index contributed by atoms with van der Waals surface area (Å²) in [7, 11) is 1.67. The van der Waals surface area contributed by atoms with Gasteiger partial charge in [-0.3, -0.25) is 11.3 Å². The summed E-state index contributed by atoms with van der Waals surface area (Å²) >= 11 is 3.50. The van der Waals surface area contributed by atoms with E-state index < -0.39 is 0 Å². The number of nitrogens with two attached hydrogens (primary N) is 1. The zero-order valence-electron chi connectivity index (χ0n) is 11.4. The molecule has 0 saturated carbocycles. The normalized spacial score (nSPS) is 12.8. The minimum Gasteiger partial charge on any atom is -0.496 e. The molecule has 0 aliphatic carbocycles. The molecule has 1 rings (SSSR count). The molecule has 1 unspecified atom stereocenters. The number of ether oxygens (including phenoxy) is 1. The van der Waals surface area contributed by atoms with E-state index in [1.54, 1.807) is 7.11 Å². The zero-order chi connectivity index (χ0) is 13.5. The van der Waals surface area contributed by atoms with Crippen molar-refractivity contribution in [2.75, 3.05) is 7.11 Å². The van der Waals surface area contributed by atoms with Crippen LogP contribution < -0.4 is 16.0 Å². The molecule has 0 spiro atoms. The molecule has 3 nitrogen and oxygen atoms in total. The Morgan fingerprint density at radius 3 is 2.56 bits per heavy atom. The maximum absolute atomic E-state index is 5.65. The van der Waals surface area contributed by atoms with Crippen molar-refractivity contribution in [3.8, 4) is 5.75 Å². The topological polar surface area (TPSA) is 47.3 Å². The number of hydrogen-bond acceptors (Lipinski definition) is 3. The van der Waals surface area contributed by atoms with E-state index in [0.717, 1.165) is 22.6 Å². The molecule has 1 aromatic carbocycles. The molecule has 1 atom stereocenters. The van der Waals surface area contributed by atoms with E-state index in [1.165, 1.54) is 18.4 Å². The van der Waals surface area contributed by atoms with Crippen LogP contribution in [-0.2, 0) is 0 Å². The first kappa shape index (κ1) is 15.5. The highest BCUT2D eigenvalue weighted by atomic mass is 79.9. The second-order valence-corrected chi connectivity index (χ2v) is 5.79. The molecule has 0 radical (unpaired) electrons. The van der Waals surface area contributed by atoms with Crippen molar-refractivity contribution in [1.82, 2.24) is 5.43 Å². The van der Waals surface area contributed by atoms with Crippen LogP contribution in [0.4, 0.5) is 0 Å². The van der Waals surface area contributed by atoms with Gasteiger partial charge in [-0.05, 0) is 46.0 Å². The van der Waals surface area contributed by atoms with E-state index in [-0.39, 0.29) is 6.04 Å². The molecule has 0 heterocycles. The average Bonchev–Trinajstić information content (AvgIpc) is 2.34. The first-order chi connectivity index (χ1) is 8.58. The Bertz CT molecular complexity index is 369. The molecule has 0 saturated heterocycles.